The minimum Gasteiger partial charge on any atom is -0.399 e. The Labute approximate surface area is 152 Å². The number of nitriles is 1. The van der Waals surface area contributed by atoms with Gasteiger partial charge in [-0.3, -0.25) is 9.71 Å². The van der Waals surface area contributed by atoms with Gasteiger partial charge in [0.25, 0.3) is 10.0 Å². The number of hydrogen-bond acceptors (Lipinski definition) is 5. The highest BCUT2D eigenvalue weighted by atomic mass is 32.2. The van der Waals surface area contributed by atoms with Crippen molar-refractivity contribution in [2.24, 2.45) is 0 Å². The Bertz CT molecular complexity index is 1100. The Hall–Kier alpha value is -3.37. The van der Waals surface area contributed by atoms with Gasteiger partial charge in [0.15, 0.2) is 0 Å². The molecule has 0 aliphatic rings. The lowest BCUT2D eigenvalue weighted by Gasteiger charge is -2.13. The molecule has 3 rings (SSSR count). The lowest BCUT2D eigenvalue weighted by atomic mass is 10.0. The van der Waals surface area contributed by atoms with Gasteiger partial charge in [0.05, 0.1) is 16.1 Å². The van der Waals surface area contributed by atoms with Crippen molar-refractivity contribution < 1.29 is 8.42 Å². The number of nitrogens with two attached hydrogens (primary N) is 1. The molecule has 0 saturated carbocycles. The van der Waals surface area contributed by atoms with Crippen LogP contribution in [-0.2, 0) is 10.0 Å². The molecular formula is C19H16N4O2S. The molecule has 0 bridgehead atoms. The van der Waals surface area contributed by atoms with Gasteiger partial charge in [-0.15, -0.1) is 0 Å². The minimum atomic E-state index is -3.74. The average molecular weight is 364 g/mol. The second kappa shape index (κ2) is 6.86. The smallest absolute Gasteiger partial charge is 0.261 e. The average Bonchev–Trinajstić information content (AvgIpc) is 2.64. The summed E-state index contributed by atoms with van der Waals surface area (Å²) in [5.74, 6) is 0. The maximum atomic E-state index is 12.6. The van der Waals surface area contributed by atoms with Crippen molar-refractivity contribution in [2.75, 3.05) is 10.5 Å². The van der Waals surface area contributed by atoms with Gasteiger partial charge in [0.2, 0.25) is 0 Å². The van der Waals surface area contributed by atoms with E-state index in [1.54, 1.807) is 18.3 Å². The van der Waals surface area contributed by atoms with Crippen molar-refractivity contribution in [3.8, 4) is 17.2 Å². The highest BCUT2D eigenvalue weighted by Gasteiger charge is 2.15. The number of anilines is 2. The van der Waals surface area contributed by atoms with E-state index in [-0.39, 0.29) is 4.90 Å². The fraction of sp³-hybridized carbons (Fsp3) is 0.0526. The maximum absolute atomic E-state index is 12.6. The van der Waals surface area contributed by atoms with E-state index >= 15 is 0 Å². The molecule has 0 spiro atoms. The zero-order valence-corrected chi connectivity index (χ0v) is 14.8. The Balaban J connectivity index is 1.98. The van der Waals surface area contributed by atoms with Crippen LogP contribution in [0.2, 0.25) is 0 Å². The summed E-state index contributed by atoms with van der Waals surface area (Å²) < 4.78 is 27.8. The van der Waals surface area contributed by atoms with Crippen LogP contribution in [-0.4, -0.2) is 13.4 Å². The van der Waals surface area contributed by atoms with Crippen LogP contribution in [0.25, 0.3) is 11.1 Å². The highest BCUT2D eigenvalue weighted by molar-refractivity contribution is 7.92. The van der Waals surface area contributed by atoms with Crippen molar-refractivity contribution in [1.82, 2.24) is 4.98 Å². The molecule has 0 atom stereocenters. The number of aromatic nitrogens is 1. The molecule has 1 aromatic heterocycles. The van der Waals surface area contributed by atoms with Gasteiger partial charge in [0, 0.05) is 23.6 Å². The predicted octanol–water partition coefficient (Wildman–Crippen LogP) is 3.31. The van der Waals surface area contributed by atoms with Crippen molar-refractivity contribution in [3.63, 3.8) is 0 Å². The number of aryl methyl sites for hydroxylation is 1. The van der Waals surface area contributed by atoms with E-state index in [0.717, 1.165) is 16.7 Å². The lowest BCUT2D eigenvalue weighted by Crippen LogP contribution is -2.13. The molecule has 0 fully saturated rings. The van der Waals surface area contributed by atoms with Crippen LogP contribution in [0.1, 0.15) is 11.1 Å². The normalized spacial score (nSPS) is 10.9. The molecule has 0 aliphatic carbocycles. The zero-order chi connectivity index (χ0) is 18.7. The summed E-state index contributed by atoms with van der Waals surface area (Å²) in [5.41, 5.74) is 9.27. The third kappa shape index (κ3) is 3.66. The third-order valence-electron chi connectivity index (χ3n) is 3.87. The highest BCUT2D eigenvalue weighted by Crippen LogP contribution is 2.27. The van der Waals surface area contributed by atoms with Crippen molar-refractivity contribution in [2.45, 2.75) is 11.8 Å². The molecule has 2 aromatic carbocycles. The summed E-state index contributed by atoms with van der Waals surface area (Å²) in [5, 5.41) is 9.02. The molecule has 0 saturated heterocycles. The van der Waals surface area contributed by atoms with E-state index in [9.17, 15) is 8.42 Å². The van der Waals surface area contributed by atoms with Crippen LogP contribution in [0, 0.1) is 18.3 Å². The second-order valence-corrected chi connectivity index (χ2v) is 7.46. The number of hydrogen-bond donors (Lipinski definition) is 2. The molecule has 0 radical (unpaired) electrons. The summed E-state index contributed by atoms with van der Waals surface area (Å²) in [7, 11) is -3.74. The topological polar surface area (TPSA) is 109 Å². The molecule has 3 N–H and O–H groups in total. The van der Waals surface area contributed by atoms with Crippen LogP contribution >= 0.6 is 0 Å². The number of nitrogens with zero attached hydrogens (tertiary/aromatic N) is 2. The van der Waals surface area contributed by atoms with Crippen LogP contribution in [0.4, 0.5) is 11.4 Å². The standard InChI is InChI=1S/C19H16N4O2S/c1-13-2-3-15(16-8-14(10-20)11-22-12-16)9-19(13)23-26(24,25)18-6-4-17(21)5-7-18/h2-9,11-12,23H,21H2,1H3. The van der Waals surface area contributed by atoms with Crippen molar-refractivity contribution >= 4 is 21.4 Å². The van der Waals surface area contributed by atoms with Crippen LogP contribution in [0.5, 0.6) is 0 Å². The summed E-state index contributed by atoms with van der Waals surface area (Å²) >= 11 is 0. The van der Waals surface area contributed by atoms with Gasteiger partial charge in [-0.1, -0.05) is 12.1 Å². The first-order chi connectivity index (χ1) is 12.4. The fourth-order valence-electron chi connectivity index (χ4n) is 2.42. The number of nitrogen functional groups attached to an aromatic ring is 1. The van der Waals surface area contributed by atoms with Gasteiger partial charge in [-0.25, -0.2) is 8.42 Å². The van der Waals surface area contributed by atoms with Crippen LogP contribution in [0.15, 0.2) is 65.8 Å². The van der Waals surface area contributed by atoms with Gasteiger partial charge < -0.3 is 5.73 Å². The van der Waals surface area contributed by atoms with E-state index in [1.165, 1.54) is 30.5 Å². The van der Waals surface area contributed by atoms with Gasteiger partial charge >= 0.3 is 0 Å². The molecular weight excluding hydrogens is 348 g/mol. The first kappa shape index (κ1) is 17.5. The summed E-state index contributed by atoms with van der Waals surface area (Å²) in [6.45, 7) is 1.81. The van der Waals surface area contributed by atoms with Crippen LogP contribution < -0.4 is 10.5 Å². The largest absolute Gasteiger partial charge is 0.399 e. The summed E-state index contributed by atoms with van der Waals surface area (Å²) in [6.07, 6.45) is 3.10. The van der Waals surface area contributed by atoms with Crippen molar-refractivity contribution in [1.29, 1.82) is 5.26 Å². The molecule has 7 heteroatoms. The number of sulfonamides is 1. The summed E-state index contributed by atoms with van der Waals surface area (Å²) in [4.78, 5) is 4.17. The number of benzene rings is 2. The number of rotatable bonds is 4. The predicted molar refractivity (Wildman–Crippen MR) is 101 cm³/mol. The second-order valence-electron chi connectivity index (χ2n) is 5.78. The third-order valence-corrected chi connectivity index (χ3v) is 5.25. The zero-order valence-electron chi connectivity index (χ0n) is 14.0. The molecule has 0 unspecified atom stereocenters. The fourth-order valence-corrected chi connectivity index (χ4v) is 3.54. The monoisotopic (exact) mass is 364 g/mol. The number of pyridine rings is 1. The van der Waals surface area contributed by atoms with Gasteiger partial charge in [0.1, 0.15) is 6.07 Å². The Kier molecular flexibility index (Phi) is 4.61. The Morgan fingerprint density at radius 3 is 2.46 bits per heavy atom. The molecule has 0 amide bonds. The van der Waals surface area contributed by atoms with Crippen LogP contribution in [0.3, 0.4) is 0 Å². The lowest BCUT2D eigenvalue weighted by molar-refractivity contribution is 0.601. The molecule has 1 heterocycles. The van der Waals surface area contributed by atoms with Gasteiger partial charge in [-0.2, -0.15) is 5.26 Å². The molecule has 6 nitrogen and oxygen atoms in total. The number of nitrogens with one attached hydrogen (secondary N) is 1. The molecule has 130 valence electrons. The van der Waals surface area contributed by atoms with Crippen molar-refractivity contribution in [3.05, 3.63) is 72.1 Å². The SMILES string of the molecule is Cc1ccc(-c2cncc(C#N)c2)cc1NS(=O)(=O)c1ccc(N)cc1. The molecule has 0 aliphatic heterocycles. The molecule has 26 heavy (non-hydrogen) atoms. The minimum absolute atomic E-state index is 0.129. The van der Waals surface area contributed by atoms with E-state index in [2.05, 4.69) is 9.71 Å². The van der Waals surface area contributed by atoms with E-state index in [4.69, 9.17) is 11.0 Å². The Morgan fingerprint density at radius 2 is 1.77 bits per heavy atom. The maximum Gasteiger partial charge on any atom is 0.261 e. The quantitative estimate of drug-likeness (QED) is 0.690. The molecule has 3 aromatic rings. The van der Waals surface area contributed by atoms with E-state index in [1.807, 2.05) is 25.1 Å². The Morgan fingerprint density at radius 1 is 1.04 bits per heavy atom. The van der Waals surface area contributed by atoms with Gasteiger partial charge in [-0.05, 0) is 54.4 Å². The first-order valence-electron chi connectivity index (χ1n) is 7.73. The van der Waals surface area contributed by atoms with E-state index < -0.39 is 10.0 Å². The first-order valence-corrected chi connectivity index (χ1v) is 9.22. The summed E-state index contributed by atoms with van der Waals surface area (Å²) in [6, 6.07) is 15.1. The van der Waals surface area contributed by atoms with E-state index in [0.29, 0.717) is 16.9 Å².